The molecule has 0 unspecified atom stereocenters. The summed E-state index contributed by atoms with van der Waals surface area (Å²) in [6, 6.07) is 1.44. The summed E-state index contributed by atoms with van der Waals surface area (Å²) in [6.45, 7) is 1.90. The minimum Gasteiger partial charge on any atom is -0.429 e. The summed E-state index contributed by atoms with van der Waals surface area (Å²) in [5, 5.41) is 12.2. The predicted molar refractivity (Wildman–Crippen MR) is 106 cm³/mol. The molecule has 0 spiro atoms. The zero-order valence-electron chi connectivity index (χ0n) is 17.9. The van der Waals surface area contributed by atoms with Crippen molar-refractivity contribution in [3.05, 3.63) is 82.2 Å². The van der Waals surface area contributed by atoms with Gasteiger partial charge in [-0.25, -0.2) is 30.7 Å². The van der Waals surface area contributed by atoms with Crippen molar-refractivity contribution in [3.63, 3.8) is 0 Å². The van der Waals surface area contributed by atoms with Crippen LogP contribution in [-0.4, -0.2) is 0 Å². The lowest BCUT2D eigenvalue weighted by Crippen LogP contribution is -2.26. The number of aryl methyl sites for hydroxylation is 1. The van der Waals surface area contributed by atoms with E-state index in [1.54, 1.807) is 0 Å². The highest BCUT2D eigenvalue weighted by molar-refractivity contribution is 5.73. The minimum absolute atomic E-state index is 0.0123. The zero-order valence-corrected chi connectivity index (χ0v) is 17.9. The summed E-state index contributed by atoms with van der Waals surface area (Å²) >= 11 is 0. The molecular formula is C24H16F9O2. The molecule has 3 rings (SSSR count). The van der Waals surface area contributed by atoms with Gasteiger partial charge in [0, 0.05) is 18.2 Å². The summed E-state index contributed by atoms with van der Waals surface area (Å²) in [5.74, 6) is -16.3. The third-order valence-corrected chi connectivity index (χ3v) is 5.10. The number of alkyl halides is 2. The Balaban J connectivity index is 2.10. The van der Waals surface area contributed by atoms with Gasteiger partial charge in [-0.15, -0.1) is 0 Å². The Morgan fingerprint density at radius 3 is 1.83 bits per heavy atom. The van der Waals surface area contributed by atoms with E-state index >= 15 is 4.39 Å². The Labute approximate surface area is 193 Å². The molecular weight excluding hydrogens is 491 g/mol. The van der Waals surface area contributed by atoms with Crippen LogP contribution in [0.4, 0.5) is 39.5 Å². The maximum Gasteiger partial charge on any atom is 0.432 e. The largest absolute Gasteiger partial charge is 0.432 e. The van der Waals surface area contributed by atoms with Crippen LogP contribution in [0, 0.1) is 40.7 Å². The smallest absolute Gasteiger partial charge is 0.429 e. The minimum atomic E-state index is -5.04. The molecule has 0 aliphatic carbocycles. The monoisotopic (exact) mass is 507 g/mol. The Kier molecular flexibility index (Phi) is 7.56. The van der Waals surface area contributed by atoms with Crippen molar-refractivity contribution < 1.29 is 49.4 Å². The molecule has 0 atom stereocenters. The summed E-state index contributed by atoms with van der Waals surface area (Å²) in [4.78, 5) is 0. The molecule has 0 heterocycles. The first-order valence-electron chi connectivity index (χ1n) is 10.3. The van der Waals surface area contributed by atoms with Gasteiger partial charge in [-0.3, -0.25) is 5.11 Å². The molecule has 0 aromatic heterocycles. The van der Waals surface area contributed by atoms with E-state index in [-0.39, 0.29) is 30.2 Å². The first-order chi connectivity index (χ1) is 16.4. The van der Waals surface area contributed by atoms with Crippen LogP contribution in [0.3, 0.4) is 0 Å². The fourth-order valence-corrected chi connectivity index (χ4v) is 3.48. The SMILES string of the molecule is CCCCCc1cc(F)c(-c2c([O])cc(F)c(C(F)(F)Oc3cc(F)c(F)c(F)c3)c2F)c(F)c1. The number of hydrogen-bond donors (Lipinski definition) is 0. The van der Waals surface area contributed by atoms with Crippen molar-refractivity contribution in [2.45, 2.75) is 38.7 Å². The Morgan fingerprint density at radius 2 is 1.29 bits per heavy atom. The second-order valence-electron chi connectivity index (χ2n) is 7.63. The van der Waals surface area contributed by atoms with Crippen molar-refractivity contribution in [1.29, 1.82) is 0 Å². The van der Waals surface area contributed by atoms with E-state index in [0.717, 1.165) is 25.0 Å². The van der Waals surface area contributed by atoms with Crippen molar-refractivity contribution in [1.82, 2.24) is 0 Å². The lowest BCUT2D eigenvalue weighted by Gasteiger charge is -2.21. The van der Waals surface area contributed by atoms with E-state index in [1.165, 1.54) is 0 Å². The predicted octanol–water partition coefficient (Wildman–Crippen LogP) is 8.33. The van der Waals surface area contributed by atoms with Crippen LogP contribution in [-0.2, 0) is 17.6 Å². The Morgan fingerprint density at radius 1 is 0.714 bits per heavy atom. The van der Waals surface area contributed by atoms with Crippen molar-refractivity contribution >= 4 is 0 Å². The highest BCUT2D eigenvalue weighted by Gasteiger charge is 2.44. The van der Waals surface area contributed by atoms with Crippen LogP contribution in [0.15, 0.2) is 30.3 Å². The maximum atomic E-state index is 15.1. The third kappa shape index (κ3) is 5.33. The molecule has 0 bridgehead atoms. The van der Waals surface area contributed by atoms with Crippen LogP contribution in [0.1, 0.15) is 37.3 Å². The topological polar surface area (TPSA) is 29.1 Å². The summed E-state index contributed by atoms with van der Waals surface area (Å²) in [5.41, 5.74) is -4.91. The average molecular weight is 507 g/mol. The fraction of sp³-hybridized carbons (Fsp3) is 0.250. The number of rotatable bonds is 8. The van der Waals surface area contributed by atoms with Crippen molar-refractivity contribution in [2.24, 2.45) is 0 Å². The van der Waals surface area contributed by atoms with Gasteiger partial charge in [-0.05, 0) is 30.5 Å². The molecule has 0 saturated heterocycles. The molecule has 35 heavy (non-hydrogen) atoms. The molecule has 2 nitrogen and oxygen atoms in total. The normalized spacial score (nSPS) is 11.7. The highest BCUT2D eigenvalue weighted by Crippen LogP contribution is 2.44. The van der Waals surface area contributed by atoms with E-state index in [2.05, 4.69) is 4.74 Å². The lowest BCUT2D eigenvalue weighted by molar-refractivity contribution is -0.189. The van der Waals surface area contributed by atoms with Crippen LogP contribution >= 0.6 is 0 Å². The molecule has 0 N–H and O–H groups in total. The highest BCUT2D eigenvalue weighted by atomic mass is 19.3. The maximum absolute atomic E-state index is 15.1. The number of ether oxygens (including phenoxy) is 1. The first-order valence-corrected chi connectivity index (χ1v) is 10.3. The Bertz CT molecular complexity index is 1210. The molecule has 1 radical (unpaired) electrons. The summed E-state index contributed by atoms with van der Waals surface area (Å²) in [7, 11) is 0. The van der Waals surface area contributed by atoms with Crippen LogP contribution in [0.5, 0.6) is 11.5 Å². The van der Waals surface area contributed by atoms with E-state index in [1.807, 2.05) is 6.92 Å². The van der Waals surface area contributed by atoms with Crippen LogP contribution < -0.4 is 4.74 Å². The average Bonchev–Trinajstić information content (AvgIpc) is 2.73. The molecule has 0 amide bonds. The van der Waals surface area contributed by atoms with Gasteiger partial charge in [0.1, 0.15) is 28.8 Å². The molecule has 0 aliphatic heterocycles. The molecule has 3 aromatic carbocycles. The second kappa shape index (κ2) is 10.1. The summed E-state index contributed by atoms with van der Waals surface area (Å²) < 4.78 is 132. The molecule has 3 aromatic rings. The number of hydrogen-bond acceptors (Lipinski definition) is 1. The third-order valence-electron chi connectivity index (χ3n) is 5.10. The van der Waals surface area contributed by atoms with Crippen molar-refractivity contribution in [3.8, 4) is 22.6 Å². The quantitative estimate of drug-likeness (QED) is 0.171. The van der Waals surface area contributed by atoms with Gasteiger partial charge in [-0.1, -0.05) is 19.8 Å². The molecule has 0 saturated carbocycles. The molecule has 0 fully saturated rings. The van der Waals surface area contributed by atoms with E-state index in [0.29, 0.717) is 6.42 Å². The van der Waals surface area contributed by atoms with E-state index in [9.17, 15) is 40.2 Å². The van der Waals surface area contributed by atoms with Gasteiger partial charge in [-0.2, -0.15) is 8.78 Å². The molecule has 0 aliphatic rings. The van der Waals surface area contributed by atoms with E-state index in [4.69, 9.17) is 0 Å². The fourth-order valence-electron chi connectivity index (χ4n) is 3.48. The van der Waals surface area contributed by atoms with Crippen LogP contribution in [0.25, 0.3) is 11.1 Å². The van der Waals surface area contributed by atoms with Gasteiger partial charge in [0.2, 0.25) is 0 Å². The Hall–Kier alpha value is -3.37. The van der Waals surface area contributed by atoms with Gasteiger partial charge in [0.25, 0.3) is 0 Å². The van der Waals surface area contributed by atoms with Crippen molar-refractivity contribution in [2.75, 3.05) is 0 Å². The van der Waals surface area contributed by atoms with E-state index < -0.39 is 75.0 Å². The zero-order chi connectivity index (χ0) is 26.1. The van der Waals surface area contributed by atoms with Crippen LogP contribution in [0.2, 0.25) is 0 Å². The second-order valence-corrected chi connectivity index (χ2v) is 7.63. The molecule has 187 valence electrons. The van der Waals surface area contributed by atoms with Gasteiger partial charge >= 0.3 is 6.11 Å². The first kappa shape index (κ1) is 26.2. The number of halogens is 9. The van der Waals surface area contributed by atoms with Gasteiger partial charge in [0.05, 0.1) is 11.1 Å². The number of benzene rings is 3. The standard InChI is InChI=1S/C24H16F9O2/c1-2-3-4-5-11-6-13(25)19(14(26)7-11)20-18(34)10-15(27)21(23(20)31)24(32,33)35-12-8-16(28)22(30)17(29)9-12/h6-10H,2-5H2,1H3. The lowest BCUT2D eigenvalue weighted by atomic mass is 9.96. The van der Waals surface area contributed by atoms with Gasteiger partial charge < -0.3 is 4.74 Å². The number of unbranched alkanes of at least 4 members (excludes halogenated alkanes) is 2. The molecule has 11 heteroatoms. The summed E-state index contributed by atoms with van der Waals surface area (Å²) in [6.07, 6.45) is -2.65. The van der Waals surface area contributed by atoms with Gasteiger partial charge in [0.15, 0.2) is 29.0 Å².